The van der Waals surface area contributed by atoms with Crippen LogP contribution in [0.15, 0.2) is 48.5 Å². The summed E-state index contributed by atoms with van der Waals surface area (Å²) in [5.41, 5.74) is 1.35. The van der Waals surface area contributed by atoms with E-state index in [1.165, 1.54) is 32.1 Å². The van der Waals surface area contributed by atoms with E-state index in [0.717, 1.165) is 30.6 Å². The lowest BCUT2D eigenvalue weighted by molar-refractivity contribution is -0.155. The van der Waals surface area contributed by atoms with Gasteiger partial charge in [0.15, 0.2) is 0 Å². The third-order valence-corrected chi connectivity index (χ3v) is 5.81. The molecule has 2 atom stereocenters. The maximum atomic E-state index is 12.4. The van der Waals surface area contributed by atoms with Crippen LogP contribution in [0.3, 0.4) is 0 Å². The van der Waals surface area contributed by atoms with Gasteiger partial charge in [-0.05, 0) is 68.1 Å². The fourth-order valence-electron chi connectivity index (χ4n) is 3.86. The van der Waals surface area contributed by atoms with Gasteiger partial charge in [0.05, 0.1) is 24.2 Å². The largest absolute Gasteiger partial charge is 0.494 e. The molecule has 5 heteroatoms. The van der Waals surface area contributed by atoms with Crippen LogP contribution in [0.4, 0.5) is 0 Å². The van der Waals surface area contributed by atoms with Crippen LogP contribution in [0.2, 0.25) is 0 Å². The zero-order valence-electron chi connectivity index (χ0n) is 19.2. The summed E-state index contributed by atoms with van der Waals surface area (Å²) in [5, 5.41) is 0. The lowest BCUT2D eigenvalue weighted by Gasteiger charge is -2.26. The van der Waals surface area contributed by atoms with E-state index < -0.39 is 5.97 Å². The Balaban J connectivity index is 1.44. The molecular weight excluding hydrogens is 404 g/mol. The van der Waals surface area contributed by atoms with Crippen molar-refractivity contribution in [1.82, 2.24) is 0 Å². The molecule has 1 aliphatic heterocycles. The Kier molecular flexibility index (Phi) is 9.14. The molecule has 0 aliphatic carbocycles. The van der Waals surface area contributed by atoms with Gasteiger partial charge in [-0.15, -0.1) is 0 Å². The van der Waals surface area contributed by atoms with Crippen LogP contribution in [0.1, 0.15) is 87.1 Å². The Labute approximate surface area is 191 Å². The van der Waals surface area contributed by atoms with Gasteiger partial charge in [-0.25, -0.2) is 4.79 Å². The predicted octanol–water partition coefficient (Wildman–Crippen LogP) is 6.45. The Morgan fingerprint density at radius 2 is 1.56 bits per heavy atom. The van der Waals surface area contributed by atoms with Gasteiger partial charge in [-0.3, -0.25) is 4.79 Å². The van der Waals surface area contributed by atoms with Crippen molar-refractivity contribution in [3.63, 3.8) is 0 Å². The first-order valence-corrected chi connectivity index (χ1v) is 11.8. The van der Waals surface area contributed by atoms with E-state index in [-0.39, 0.29) is 18.0 Å². The molecule has 3 rings (SSSR count). The Morgan fingerprint density at radius 1 is 0.906 bits per heavy atom. The van der Waals surface area contributed by atoms with Gasteiger partial charge in [0.1, 0.15) is 11.5 Å². The van der Waals surface area contributed by atoms with Gasteiger partial charge >= 0.3 is 11.9 Å². The summed E-state index contributed by atoms with van der Waals surface area (Å²) in [5.74, 6) is 0.339. The first kappa shape index (κ1) is 23.8. The van der Waals surface area contributed by atoms with Crippen molar-refractivity contribution in [3.05, 3.63) is 59.7 Å². The van der Waals surface area contributed by atoms with Crippen molar-refractivity contribution >= 4 is 11.9 Å². The average Bonchev–Trinajstić information content (AvgIpc) is 2.79. The van der Waals surface area contributed by atoms with Crippen molar-refractivity contribution in [3.8, 4) is 11.5 Å². The number of hydrogen-bond acceptors (Lipinski definition) is 5. The first-order valence-electron chi connectivity index (χ1n) is 11.8. The van der Waals surface area contributed by atoms with Gasteiger partial charge in [0.25, 0.3) is 0 Å². The van der Waals surface area contributed by atoms with Crippen LogP contribution in [0.25, 0.3) is 0 Å². The molecule has 0 N–H and O–H groups in total. The van der Waals surface area contributed by atoms with Crippen LogP contribution in [0.5, 0.6) is 11.5 Å². The maximum Gasteiger partial charge on any atom is 0.343 e. The van der Waals surface area contributed by atoms with Crippen molar-refractivity contribution in [2.75, 3.05) is 6.61 Å². The Bertz CT molecular complexity index is 857. The molecule has 1 unspecified atom stereocenters. The monoisotopic (exact) mass is 438 g/mol. The zero-order chi connectivity index (χ0) is 22.8. The number of unbranched alkanes of at least 4 members (excludes halogenated alkanes) is 5. The van der Waals surface area contributed by atoms with Gasteiger partial charge in [-0.1, -0.05) is 51.2 Å². The van der Waals surface area contributed by atoms with Gasteiger partial charge in [0, 0.05) is 0 Å². The van der Waals surface area contributed by atoms with Gasteiger partial charge < -0.3 is 14.2 Å². The Morgan fingerprint density at radius 3 is 2.25 bits per heavy atom. The van der Waals surface area contributed by atoms with E-state index >= 15 is 0 Å². The summed E-state index contributed by atoms with van der Waals surface area (Å²) >= 11 is 0. The van der Waals surface area contributed by atoms with Crippen molar-refractivity contribution in [2.45, 2.75) is 77.2 Å². The van der Waals surface area contributed by atoms with Gasteiger partial charge in [-0.2, -0.15) is 0 Å². The minimum Gasteiger partial charge on any atom is -0.494 e. The highest BCUT2D eigenvalue weighted by molar-refractivity contribution is 5.91. The molecule has 172 valence electrons. The molecule has 0 radical (unpaired) electrons. The average molecular weight is 439 g/mol. The molecule has 1 saturated heterocycles. The number of benzene rings is 2. The van der Waals surface area contributed by atoms with Crippen LogP contribution in [-0.4, -0.2) is 24.6 Å². The number of hydrogen-bond donors (Lipinski definition) is 0. The second-order valence-electron chi connectivity index (χ2n) is 8.48. The molecule has 0 spiro atoms. The quantitative estimate of drug-likeness (QED) is 0.229. The summed E-state index contributed by atoms with van der Waals surface area (Å²) < 4.78 is 16.6. The number of cyclic esters (lactones) is 1. The van der Waals surface area contributed by atoms with Crippen LogP contribution >= 0.6 is 0 Å². The van der Waals surface area contributed by atoms with E-state index in [4.69, 9.17) is 14.2 Å². The molecule has 0 saturated carbocycles. The van der Waals surface area contributed by atoms with Crippen molar-refractivity contribution < 1.29 is 23.8 Å². The van der Waals surface area contributed by atoms with Gasteiger partial charge in [0.2, 0.25) is 0 Å². The second-order valence-corrected chi connectivity index (χ2v) is 8.48. The third kappa shape index (κ3) is 7.11. The predicted molar refractivity (Wildman–Crippen MR) is 124 cm³/mol. The fourth-order valence-corrected chi connectivity index (χ4v) is 3.86. The van der Waals surface area contributed by atoms with Crippen molar-refractivity contribution in [1.29, 1.82) is 0 Å². The molecule has 1 fully saturated rings. The molecule has 0 aromatic heterocycles. The number of ether oxygens (including phenoxy) is 3. The zero-order valence-corrected chi connectivity index (χ0v) is 19.2. The van der Waals surface area contributed by atoms with E-state index in [0.29, 0.717) is 17.9 Å². The first-order chi connectivity index (χ1) is 15.6. The molecule has 32 heavy (non-hydrogen) atoms. The standard InChI is InChI=1S/C27H34O5/c1-3-4-5-6-7-8-19-30-23-14-12-22(13-15-23)26(28)32-24-16-10-21(11-17-24)25-18-9-20(2)31-27(25)29/h10-17,20,25H,3-9,18-19H2,1-2H3/t20-,25?/m0/s1. The molecule has 0 amide bonds. The normalized spacial score (nSPS) is 18.1. The third-order valence-electron chi connectivity index (χ3n) is 5.81. The molecule has 2 aromatic rings. The van der Waals surface area contributed by atoms with Crippen LogP contribution in [-0.2, 0) is 9.53 Å². The summed E-state index contributed by atoms with van der Waals surface area (Å²) in [6.07, 6.45) is 8.94. The van der Waals surface area contributed by atoms with E-state index in [2.05, 4.69) is 6.92 Å². The smallest absolute Gasteiger partial charge is 0.343 e. The topological polar surface area (TPSA) is 61.8 Å². The summed E-state index contributed by atoms with van der Waals surface area (Å²) in [7, 11) is 0. The molecule has 1 aliphatic rings. The number of esters is 2. The molecule has 0 bridgehead atoms. The van der Waals surface area contributed by atoms with E-state index in [1.54, 1.807) is 36.4 Å². The second kappa shape index (κ2) is 12.3. The van der Waals surface area contributed by atoms with Crippen LogP contribution < -0.4 is 9.47 Å². The molecule has 2 aromatic carbocycles. The number of carbonyl (C=O) groups is 2. The molecule has 5 nitrogen and oxygen atoms in total. The highest BCUT2D eigenvalue weighted by atomic mass is 16.5. The Hall–Kier alpha value is -2.82. The lowest BCUT2D eigenvalue weighted by atomic mass is 9.91. The molecule has 1 heterocycles. The highest BCUT2D eigenvalue weighted by Crippen LogP contribution is 2.30. The van der Waals surface area contributed by atoms with E-state index in [9.17, 15) is 9.59 Å². The SMILES string of the molecule is CCCCCCCCOc1ccc(C(=O)Oc2ccc(C3CC[C@H](C)OC3=O)cc2)cc1. The maximum absolute atomic E-state index is 12.4. The summed E-state index contributed by atoms with van der Waals surface area (Å²) in [6, 6.07) is 14.1. The summed E-state index contributed by atoms with van der Waals surface area (Å²) in [6.45, 7) is 4.82. The fraction of sp³-hybridized carbons (Fsp3) is 0.481. The number of rotatable bonds is 11. The number of carbonyl (C=O) groups excluding carboxylic acids is 2. The minimum absolute atomic E-state index is 0.0219. The van der Waals surface area contributed by atoms with Crippen LogP contribution in [0, 0.1) is 0 Å². The van der Waals surface area contributed by atoms with E-state index in [1.807, 2.05) is 19.1 Å². The molecular formula is C27H34O5. The van der Waals surface area contributed by atoms with Crippen molar-refractivity contribution in [2.24, 2.45) is 0 Å². The lowest BCUT2D eigenvalue weighted by Crippen LogP contribution is -2.27. The highest BCUT2D eigenvalue weighted by Gasteiger charge is 2.29. The summed E-state index contributed by atoms with van der Waals surface area (Å²) in [4.78, 5) is 24.5. The minimum atomic E-state index is -0.425.